The third-order valence-electron chi connectivity index (χ3n) is 4.83. The van der Waals surface area contributed by atoms with Crippen LogP contribution in [0.15, 0.2) is 36.4 Å². The fourth-order valence-electron chi connectivity index (χ4n) is 3.18. The Labute approximate surface area is 189 Å². The molecule has 0 radical (unpaired) electrons. The lowest BCUT2D eigenvalue weighted by Crippen LogP contribution is -2.32. The monoisotopic (exact) mass is 479 g/mol. The normalized spacial score (nSPS) is 13.0. The minimum atomic E-state index is -4.82. The van der Waals surface area contributed by atoms with Crippen LogP contribution in [0.4, 0.5) is 24.5 Å². The average molecular weight is 479 g/mol. The van der Waals surface area contributed by atoms with Gasteiger partial charge in [0.2, 0.25) is 0 Å². The van der Waals surface area contributed by atoms with Gasteiger partial charge in [0.25, 0.3) is 23.4 Å². The number of amides is 3. The number of halogens is 3. The van der Waals surface area contributed by atoms with Crippen LogP contribution in [0.3, 0.4) is 0 Å². The Morgan fingerprint density at radius 3 is 2.41 bits per heavy atom. The highest BCUT2D eigenvalue weighted by Crippen LogP contribution is 2.35. The molecule has 1 aliphatic rings. The number of rotatable bonds is 7. The van der Waals surface area contributed by atoms with Gasteiger partial charge < -0.3 is 10.1 Å². The molecule has 0 bridgehead atoms. The summed E-state index contributed by atoms with van der Waals surface area (Å²) in [6, 6.07) is 6.27. The van der Waals surface area contributed by atoms with E-state index in [0.29, 0.717) is 12.1 Å². The van der Waals surface area contributed by atoms with Crippen molar-refractivity contribution in [2.45, 2.75) is 19.5 Å². The number of imide groups is 1. The molecular formula is C21H16F3N3O7. The first-order valence-electron chi connectivity index (χ1n) is 9.66. The lowest BCUT2D eigenvalue weighted by molar-refractivity contribution is -0.384. The van der Waals surface area contributed by atoms with Gasteiger partial charge in [-0.25, -0.2) is 0 Å². The maximum Gasteiger partial charge on any atom is 0.416 e. The molecule has 0 atom stereocenters. The molecule has 1 heterocycles. The number of nitro benzene ring substituents is 1. The van der Waals surface area contributed by atoms with Crippen molar-refractivity contribution < 1.29 is 42.0 Å². The average Bonchev–Trinajstić information content (AvgIpc) is 2.99. The highest BCUT2D eigenvalue weighted by molar-refractivity contribution is 6.21. The summed E-state index contributed by atoms with van der Waals surface area (Å²) < 4.78 is 43.0. The van der Waals surface area contributed by atoms with E-state index in [1.807, 2.05) is 5.32 Å². The topological polar surface area (TPSA) is 136 Å². The molecule has 0 aliphatic carbocycles. The van der Waals surface area contributed by atoms with E-state index >= 15 is 0 Å². The number of hydrogen-bond donors (Lipinski definition) is 1. The molecule has 34 heavy (non-hydrogen) atoms. The van der Waals surface area contributed by atoms with Crippen molar-refractivity contribution in [3.05, 3.63) is 68.8 Å². The van der Waals surface area contributed by atoms with Crippen LogP contribution in [0.2, 0.25) is 0 Å². The van der Waals surface area contributed by atoms with Crippen LogP contribution >= 0.6 is 0 Å². The highest BCUT2D eigenvalue weighted by Gasteiger charge is 2.36. The van der Waals surface area contributed by atoms with Gasteiger partial charge in [0.05, 0.1) is 28.0 Å². The molecule has 0 aromatic heterocycles. The van der Waals surface area contributed by atoms with Gasteiger partial charge in [0, 0.05) is 12.6 Å². The molecule has 0 unspecified atom stereocenters. The summed E-state index contributed by atoms with van der Waals surface area (Å²) in [4.78, 5) is 59.5. The van der Waals surface area contributed by atoms with E-state index in [9.17, 15) is 42.5 Å². The number of carbonyl (C=O) groups excluding carboxylic acids is 4. The second kappa shape index (κ2) is 9.29. The summed E-state index contributed by atoms with van der Waals surface area (Å²) in [7, 11) is 0. The van der Waals surface area contributed by atoms with Crippen molar-refractivity contribution in [3.63, 3.8) is 0 Å². The predicted octanol–water partition coefficient (Wildman–Crippen LogP) is 3.09. The standard InChI is InChI=1S/C21H16F3N3O7/c1-11-2-4-13-14(8-11)20(31)26(19(13)30)7-6-18(29)34-10-17(28)25-15-5-3-12(21(22,23)24)9-16(15)27(32)33/h2-5,8-9H,6-7,10H2,1H3,(H,25,28). The molecule has 1 N–H and O–H groups in total. The number of nitrogens with zero attached hydrogens (tertiary/aromatic N) is 2. The van der Waals surface area contributed by atoms with Crippen molar-refractivity contribution in [1.29, 1.82) is 0 Å². The number of ether oxygens (including phenoxy) is 1. The Balaban J connectivity index is 1.54. The number of nitro groups is 1. The summed E-state index contributed by atoms with van der Waals surface area (Å²) in [5, 5.41) is 13.1. The number of aryl methyl sites for hydroxylation is 1. The molecule has 0 spiro atoms. The van der Waals surface area contributed by atoms with Gasteiger partial charge in [-0.05, 0) is 31.2 Å². The Hall–Kier alpha value is -4.29. The molecule has 0 saturated carbocycles. The molecular weight excluding hydrogens is 463 g/mol. The first-order valence-corrected chi connectivity index (χ1v) is 9.66. The van der Waals surface area contributed by atoms with E-state index < -0.39 is 64.8 Å². The first-order chi connectivity index (χ1) is 15.9. The number of alkyl halides is 3. The summed E-state index contributed by atoms with van der Waals surface area (Å²) in [5.74, 6) is -3.11. The SMILES string of the molecule is Cc1ccc2c(c1)C(=O)N(CCC(=O)OCC(=O)Nc1ccc(C(F)(F)F)cc1[N+](=O)[O-])C2=O. The second-order valence-electron chi connectivity index (χ2n) is 7.26. The Kier molecular flexibility index (Phi) is 6.66. The fraction of sp³-hybridized carbons (Fsp3) is 0.238. The summed E-state index contributed by atoms with van der Waals surface area (Å²) in [5.41, 5.74) is -1.57. The highest BCUT2D eigenvalue weighted by atomic mass is 19.4. The van der Waals surface area contributed by atoms with Crippen molar-refractivity contribution >= 4 is 35.1 Å². The third-order valence-corrected chi connectivity index (χ3v) is 4.83. The first kappa shape index (κ1) is 24.4. The summed E-state index contributed by atoms with van der Waals surface area (Å²) in [6.07, 6.45) is -5.24. The minimum Gasteiger partial charge on any atom is -0.456 e. The van der Waals surface area contributed by atoms with Crippen molar-refractivity contribution in [3.8, 4) is 0 Å². The second-order valence-corrected chi connectivity index (χ2v) is 7.26. The molecule has 13 heteroatoms. The van der Waals surface area contributed by atoms with Crippen molar-refractivity contribution in [2.24, 2.45) is 0 Å². The molecule has 3 rings (SSSR count). The third kappa shape index (κ3) is 5.19. The van der Waals surface area contributed by atoms with E-state index in [0.717, 1.165) is 10.5 Å². The van der Waals surface area contributed by atoms with Gasteiger partial charge in [-0.1, -0.05) is 11.6 Å². The number of esters is 1. The van der Waals surface area contributed by atoms with Gasteiger partial charge in [0.1, 0.15) is 5.69 Å². The van der Waals surface area contributed by atoms with Crippen LogP contribution in [0, 0.1) is 17.0 Å². The lowest BCUT2D eigenvalue weighted by Gasteiger charge is -2.13. The Morgan fingerprint density at radius 1 is 1.09 bits per heavy atom. The number of nitrogens with one attached hydrogen (secondary N) is 1. The van der Waals surface area contributed by atoms with Gasteiger partial charge in [0.15, 0.2) is 6.61 Å². The largest absolute Gasteiger partial charge is 0.456 e. The number of benzene rings is 2. The number of anilines is 1. The Morgan fingerprint density at radius 2 is 1.76 bits per heavy atom. The van der Waals surface area contributed by atoms with Crippen LogP contribution in [-0.4, -0.2) is 46.7 Å². The maximum atomic E-state index is 12.8. The smallest absolute Gasteiger partial charge is 0.416 e. The number of fused-ring (bicyclic) bond motifs is 1. The molecule has 3 amide bonds. The van der Waals surface area contributed by atoms with Gasteiger partial charge in [-0.3, -0.25) is 34.2 Å². The quantitative estimate of drug-likeness (QED) is 0.279. The van der Waals surface area contributed by atoms with E-state index in [4.69, 9.17) is 4.74 Å². The Bertz CT molecular complexity index is 1210. The van der Waals surface area contributed by atoms with Crippen LogP contribution in [0.5, 0.6) is 0 Å². The van der Waals surface area contributed by atoms with Crippen LogP contribution in [0.25, 0.3) is 0 Å². The maximum absolute atomic E-state index is 12.8. The number of hydrogen-bond acceptors (Lipinski definition) is 7. The van der Waals surface area contributed by atoms with Crippen molar-refractivity contribution in [1.82, 2.24) is 4.90 Å². The minimum absolute atomic E-state index is 0.210. The van der Waals surface area contributed by atoms with Crippen molar-refractivity contribution in [2.75, 3.05) is 18.5 Å². The van der Waals surface area contributed by atoms with Crippen LogP contribution in [0.1, 0.15) is 38.3 Å². The van der Waals surface area contributed by atoms with E-state index in [2.05, 4.69) is 0 Å². The van der Waals surface area contributed by atoms with Crippen LogP contribution < -0.4 is 5.32 Å². The van der Waals surface area contributed by atoms with Crippen LogP contribution in [-0.2, 0) is 20.5 Å². The van der Waals surface area contributed by atoms with Gasteiger partial charge >= 0.3 is 12.1 Å². The zero-order valence-electron chi connectivity index (χ0n) is 17.5. The van der Waals surface area contributed by atoms with E-state index in [-0.39, 0.29) is 23.7 Å². The molecule has 2 aromatic carbocycles. The van der Waals surface area contributed by atoms with E-state index in [1.54, 1.807) is 19.1 Å². The fourth-order valence-corrected chi connectivity index (χ4v) is 3.18. The lowest BCUT2D eigenvalue weighted by atomic mass is 10.1. The predicted molar refractivity (Wildman–Crippen MR) is 109 cm³/mol. The molecule has 2 aromatic rings. The molecule has 1 aliphatic heterocycles. The molecule has 0 fully saturated rings. The molecule has 178 valence electrons. The van der Waals surface area contributed by atoms with Gasteiger partial charge in [-0.2, -0.15) is 13.2 Å². The number of carbonyl (C=O) groups is 4. The zero-order chi connectivity index (χ0) is 25.2. The zero-order valence-corrected chi connectivity index (χ0v) is 17.5. The molecule has 0 saturated heterocycles. The van der Waals surface area contributed by atoms with E-state index in [1.165, 1.54) is 6.07 Å². The summed E-state index contributed by atoms with van der Waals surface area (Å²) >= 11 is 0. The molecule has 10 nitrogen and oxygen atoms in total. The summed E-state index contributed by atoms with van der Waals surface area (Å²) in [6.45, 7) is 0.566. The van der Waals surface area contributed by atoms with Gasteiger partial charge in [-0.15, -0.1) is 0 Å².